The lowest BCUT2D eigenvalue weighted by molar-refractivity contribution is 0.620. The quantitative estimate of drug-likeness (QED) is 0.893. The maximum absolute atomic E-state index is 13.0. The average molecular weight is 308 g/mol. The maximum Gasteiger partial charge on any atom is 0.123 e. The summed E-state index contributed by atoms with van der Waals surface area (Å²) in [5.41, 5.74) is 3.39. The molecule has 0 radical (unpaired) electrons. The van der Waals surface area contributed by atoms with Crippen molar-refractivity contribution in [1.82, 2.24) is 5.32 Å². The van der Waals surface area contributed by atoms with Crippen molar-refractivity contribution in [3.8, 4) is 0 Å². The number of rotatable bonds is 4. The predicted molar refractivity (Wildman–Crippen MR) is 75.8 cm³/mol. The minimum absolute atomic E-state index is 0.189. The molecule has 2 aromatic rings. The molecule has 0 atom stereocenters. The van der Waals surface area contributed by atoms with Crippen molar-refractivity contribution < 1.29 is 4.39 Å². The monoisotopic (exact) mass is 307 g/mol. The Labute approximate surface area is 115 Å². The Morgan fingerprint density at radius 3 is 2.67 bits per heavy atom. The van der Waals surface area contributed by atoms with Crippen LogP contribution in [0.3, 0.4) is 0 Å². The van der Waals surface area contributed by atoms with E-state index in [1.165, 1.54) is 17.2 Å². The summed E-state index contributed by atoms with van der Waals surface area (Å²) in [6.45, 7) is 3.49. The smallest absolute Gasteiger partial charge is 0.123 e. The zero-order valence-corrected chi connectivity index (χ0v) is 11.8. The molecule has 0 aliphatic heterocycles. The first-order chi connectivity index (χ1) is 8.65. The maximum atomic E-state index is 13.0. The summed E-state index contributed by atoms with van der Waals surface area (Å²) < 4.78 is 14.1. The van der Waals surface area contributed by atoms with Gasteiger partial charge in [0.15, 0.2) is 0 Å². The van der Waals surface area contributed by atoms with Crippen molar-refractivity contribution in [2.45, 2.75) is 20.0 Å². The van der Waals surface area contributed by atoms with Gasteiger partial charge in [0.05, 0.1) is 0 Å². The van der Waals surface area contributed by atoms with Crippen LogP contribution in [0, 0.1) is 12.7 Å². The molecule has 0 heterocycles. The highest BCUT2D eigenvalue weighted by Crippen LogP contribution is 2.18. The fourth-order valence-corrected chi connectivity index (χ4v) is 2.42. The van der Waals surface area contributed by atoms with Crippen LogP contribution in [0.15, 0.2) is 46.9 Å². The van der Waals surface area contributed by atoms with Crippen LogP contribution < -0.4 is 5.32 Å². The molecule has 0 saturated carbocycles. The zero-order valence-electron chi connectivity index (χ0n) is 10.2. The van der Waals surface area contributed by atoms with Gasteiger partial charge in [-0.05, 0) is 41.8 Å². The second-order valence-corrected chi connectivity index (χ2v) is 5.18. The van der Waals surface area contributed by atoms with E-state index in [1.54, 1.807) is 12.1 Å². The van der Waals surface area contributed by atoms with Crippen LogP contribution in [-0.2, 0) is 13.1 Å². The van der Waals surface area contributed by atoms with Crippen LogP contribution in [0.2, 0.25) is 0 Å². The van der Waals surface area contributed by atoms with Crippen LogP contribution in [0.5, 0.6) is 0 Å². The van der Waals surface area contributed by atoms with Crippen molar-refractivity contribution in [3.63, 3.8) is 0 Å². The van der Waals surface area contributed by atoms with E-state index in [1.807, 2.05) is 6.07 Å². The van der Waals surface area contributed by atoms with Crippen LogP contribution in [-0.4, -0.2) is 0 Å². The minimum Gasteiger partial charge on any atom is -0.309 e. The second-order valence-electron chi connectivity index (χ2n) is 4.33. The normalized spacial score (nSPS) is 10.6. The van der Waals surface area contributed by atoms with E-state index in [9.17, 15) is 4.39 Å². The number of hydrogen-bond donors (Lipinski definition) is 1. The SMILES string of the molecule is Cc1ccc(CNCc2cccc(F)c2)c(Br)c1. The Balaban J connectivity index is 1.92. The largest absolute Gasteiger partial charge is 0.309 e. The molecule has 0 aliphatic rings. The molecule has 0 aromatic heterocycles. The van der Waals surface area contributed by atoms with Crippen LogP contribution >= 0.6 is 15.9 Å². The summed E-state index contributed by atoms with van der Waals surface area (Å²) in [4.78, 5) is 0. The third kappa shape index (κ3) is 3.65. The van der Waals surface area contributed by atoms with Crippen molar-refractivity contribution in [1.29, 1.82) is 0 Å². The highest BCUT2D eigenvalue weighted by atomic mass is 79.9. The van der Waals surface area contributed by atoms with Crippen LogP contribution in [0.4, 0.5) is 4.39 Å². The first-order valence-corrected chi connectivity index (χ1v) is 6.64. The fourth-order valence-electron chi connectivity index (χ4n) is 1.78. The number of aryl methyl sites for hydroxylation is 1. The molecule has 0 bridgehead atoms. The molecule has 0 aliphatic carbocycles. The lowest BCUT2D eigenvalue weighted by atomic mass is 10.1. The molecule has 0 spiro atoms. The summed E-state index contributed by atoms with van der Waals surface area (Å²) in [7, 11) is 0. The van der Waals surface area contributed by atoms with Gasteiger partial charge in [0, 0.05) is 17.6 Å². The Morgan fingerprint density at radius 1 is 1.11 bits per heavy atom. The van der Waals surface area contributed by atoms with Gasteiger partial charge in [-0.3, -0.25) is 0 Å². The van der Waals surface area contributed by atoms with Gasteiger partial charge in [0.1, 0.15) is 5.82 Å². The van der Waals surface area contributed by atoms with Gasteiger partial charge in [-0.1, -0.05) is 40.2 Å². The zero-order chi connectivity index (χ0) is 13.0. The Morgan fingerprint density at radius 2 is 1.94 bits per heavy atom. The summed E-state index contributed by atoms with van der Waals surface area (Å²) in [6, 6.07) is 12.9. The Bertz CT molecular complexity index is 540. The van der Waals surface area contributed by atoms with Gasteiger partial charge in [0.25, 0.3) is 0 Å². The molecule has 94 valence electrons. The van der Waals surface area contributed by atoms with E-state index in [0.717, 1.165) is 16.6 Å². The number of benzene rings is 2. The molecule has 18 heavy (non-hydrogen) atoms. The number of halogens is 2. The first-order valence-electron chi connectivity index (χ1n) is 5.85. The minimum atomic E-state index is -0.189. The van der Waals surface area contributed by atoms with Crippen molar-refractivity contribution in [3.05, 3.63) is 69.4 Å². The van der Waals surface area contributed by atoms with Crippen LogP contribution in [0.25, 0.3) is 0 Å². The summed E-state index contributed by atoms with van der Waals surface area (Å²) in [6.07, 6.45) is 0. The van der Waals surface area contributed by atoms with Gasteiger partial charge in [-0.15, -0.1) is 0 Å². The Hall–Kier alpha value is -1.19. The Kier molecular flexibility index (Phi) is 4.50. The van der Waals surface area contributed by atoms with E-state index >= 15 is 0 Å². The lowest BCUT2D eigenvalue weighted by Gasteiger charge is -2.08. The standard InChI is InChI=1S/C15H15BrFN/c1-11-5-6-13(15(16)7-11)10-18-9-12-3-2-4-14(17)8-12/h2-8,18H,9-10H2,1H3. The second kappa shape index (κ2) is 6.12. The molecule has 1 N–H and O–H groups in total. The van der Waals surface area contributed by atoms with Gasteiger partial charge >= 0.3 is 0 Å². The summed E-state index contributed by atoms with van der Waals surface area (Å²) >= 11 is 3.55. The molecular formula is C15H15BrFN. The summed E-state index contributed by atoms with van der Waals surface area (Å²) in [5, 5.41) is 3.31. The number of hydrogen-bond acceptors (Lipinski definition) is 1. The highest BCUT2D eigenvalue weighted by molar-refractivity contribution is 9.10. The molecule has 0 amide bonds. The summed E-state index contributed by atoms with van der Waals surface area (Å²) in [5.74, 6) is -0.189. The van der Waals surface area contributed by atoms with Gasteiger partial charge in [-0.2, -0.15) is 0 Å². The molecule has 0 fully saturated rings. The van der Waals surface area contributed by atoms with Crippen molar-refractivity contribution in [2.75, 3.05) is 0 Å². The number of nitrogens with one attached hydrogen (secondary N) is 1. The van der Waals surface area contributed by atoms with E-state index < -0.39 is 0 Å². The molecule has 2 aromatic carbocycles. The van der Waals surface area contributed by atoms with Gasteiger partial charge < -0.3 is 5.32 Å². The molecule has 3 heteroatoms. The molecule has 0 saturated heterocycles. The highest BCUT2D eigenvalue weighted by Gasteiger charge is 2.00. The third-order valence-electron chi connectivity index (χ3n) is 2.74. The third-order valence-corrected chi connectivity index (χ3v) is 3.48. The van der Waals surface area contributed by atoms with Crippen LogP contribution in [0.1, 0.15) is 16.7 Å². The fraction of sp³-hybridized carbons (Fsp3) is 0.200. The van der Waals surface area contributed by atoms with Crippen molar-refractivity contribution in [2.24, 2.45) is 0 Å². The average Bonchev–Trinajstić information content (AvgIpc) is 2.32. The van der Waals surface area contributed by atoms with E-state index in [0.29, 0.717) is 6.54 Å². The molecule has 1 nitrogen and oxygen atoms in total. The van der Waals surface area contributed by atoms with Crippen molar-refractivity contribution >= 4 is 15.9 Å². The molecule has 0 unspecified atom stereocenters. The van der Waals surface area contributed by atoms with Gasteiger partial charge in [0.2, 0.25) is 0 Å². The topological polar surface area (TPSA) is 12.0 Å². The molecule has 2 rings (SSSR count). The molecular weight excluding hydrogens is 293 g/mol. The first kappa shape index (κ1) is 13.2. The van der Waals surface area contributed by atoms with E-state index in [2.05, 4.69) is 46.4 Å². The lowest BCUT2D eigenvalue weighted by Crippen LogP contribution is -2.13. The van der Waals surface area contributed by atoms with E-state index in [4.69, 9.17) is 0 Å². The van der Waals surface area contributed by atoms with Gasteiger partial charge in [-0.25, -0.2) is 4.39 Å². The predicted octanol–water partition coefficient (Wildman–Crippen LogP) is 4.19. The van der Waals surface area contributed by atoms with E-state index in [-0.39, 0.29) is 5.82 Å².